The smallest absolute Gasteiger partial charge is 0.305 e. The van der Waals surface area contributed by atoms with E-state index in [0.29, 0.717) is 32.7 Å². The molecule has 27 heavy (non-hydrogen) atoms. The van der Waals surface area contributed by atoms with E-state index < -0.39 is 5.69 Å². The summed E-state index contributed by atoms with van der Waals surface area (Å²) in [5, 5.41) is 1.24. The van der Waals surface area contributed by atoms with E-state index in [2.05, 4.69) is 32.6 Å². The lowest BCUT2D eigenvalue weighted by molar-refractivity contribution is 0.103. The van der Waals surface area contributed by atoms with Crippen LogP contribution in [0.15, 0.2) is 71.5 Å². The fourth-order valence-electron chi connectivity index (χ4n) is 2.92. The van der Waals surface area contributed by atoms with Crippen LogP contribution >= 0.6 is 34.2 Å². The van der Waals surface area contributed by atoms with Gasteiger partial charge >= 0.3 is 5.69 Å². The molecule has 3 aromatic carbocycles. The van der Waals surface area contributed by atoms with Crippen molar-refractivity contribution in [1.82, 2.24) is 9.97 Å². The maximum absolute atomic E-state index is 12.9. The Morgan fingerprint density at radius 2 is 1.70 bits per heavy atom. The third kappa shape index (κ3) is 3.65. The number of H-pyrrole nitrogens is 1. The van der Waals surface area contributed by atoms with Crippen molar-refractivity contribution in [3.8, 4) is 11.3 Å². The van der Waals surface area contributed by atoms with E-state index in [9.17, 15) is 9.59 Å². The Kier molecular flexibility index (Phi) is 4.80. The first-order valence-corrected chi connectivity index (χ1v) is 9.57. The number of carbonyl (C=O) groups is 1. The van der Waals surface area contributed by atoms with Crippen LogP contribution in [0, 0.1) is 3.57 Å². The van der Waals surface area contributed by atoms with Crippen LogP contribution in [0.25, 0.3) is 22.2 Å². The summed E-state index contributed by atoms with van der Waals surface area (Å²) >= 11 is 8.29. The number of hydrogen-bond acceptors (Lipinski definition) is 3. The van der Waals surface area contributed by atoms with Gasteiger partial charge in [-0.3, -0.25) is 4.79 Å². The summed E-state index contributed by atoms with van der Waals surface area (Å²) in [6.45, 7) is 0. The molecule has 1 N–H and O–H groups in total. The van der Waals surface area contributed by atoms with Gasteiger partial charge in [-0.05, 0) is 77.2 Å². The summed E-state index contributed by atoms with van der Waals surface area (Å²) in [7, 11) is 0. The van der Waals surface area contributed by atoms with Gasteiger partial charge in [-0.15, -0.1) is 0 Å². The molecule has 1 aromatic heterocycles. The molecule has 4 rings (SSSR count). The zero-order chi connectivity index (χ0) is 19.0. The first kappa shape index (κ1) is 17.9. The van der Waals surface area contributed by atoms with Gasteiger partial charge in [0.25, 0.3) is 0 Å². The maximum Gasteiger partial charge on any atom is 0.345 e. The van der Waals surface area contributed by atoms with Crippen LogP contribution in [0.4, 0.5) is 0 Å². The van der Waals surface area contributed by atoms with E-state index in [1.807, 2.05) is 18.2 Å². The second-order valence-electron chi connectivity index (χ2n) is 6.00. The Morgan fingerprint density at radius 3 is 2.44 bits per heavy atom. The molecular formula is C21H12ClIN2O2. The molecule has 0 saturated carbocycles. The van der Waals surface area contributed by atoms with Crippen LogP contribution in [-0.2, 0) is 0 Å². The molecule has 132 valence electrons. The molecule has 0 bridgehead atoms. The van der Waals surface area contributed by atoms with Gasteiger partial charge in [0.15, 0.2) is 5.78 Å². The number of aromatic amines is 1. The number of halogens is 2. The Morgan fingerprint density at radius 1 is 0.963 bits per heavy atom. The summed E-state index contributed by atoms with van der Waals surface area (Å²) in [6, 6.07) is 19.7. The highest BCUT2D eigenvalue weighted by atomic mass is 127. The summed E-state index contributed by atoms with van der Waals surface area (Å²) in [5.74, 6) is -0.0865. The quantitative estimate of drug-likeness (QED) is 0.324. The van der Waals surface area contributed by atoms with Gasteiger partial charge in [0.1, 0.15) is 0 Å². The fraction of sp³-hybridized carbons (Fsp3) is 0. The predicted octanol–water partition coefficient (Wildman–Crippen LogP) is 5.08. The lowest BCUT2D eigenvalue weighted by Gasteiger charge is -2.08. The molecule has 4 nitrogen and oxygen atoms in total. The van der Waals surface area contributed by atoms with Gasteiger partial charge in [-0.25, -0.2) is 4.79 Å². The molecular weight excluding hydrogens is 475 g/mol. The molecule has 4 aromatic rings. The molecule has 0 saturated heterocycles. The third-order valence-electron chi connectivity index (χ3n) is 4.20. The van der Waals surface area contributed by atoms with Gasteiger partial charge in [-0.1, -0.05) is 23.7 Å². The highest BCUT2D eigenvalue weighted by Gasteiger charge is 2.13. The lowest BCUT2D eigenvalue weighted by Crippen LogP contribution is -2.12. The Balaban J connectivity index is 1.89. The van der Waals surface area contributed by atoms with Crippen molar-refractivity contribution in [1.29, 1.82) is 0 Å². The zero-order valence-electron chi connectivity index (χ0n) is 13.9. The van der Waals surface area contributed by atoms with Crippen LogP contribution < -0.4 is 5.69 Å². The predicted molar refractivity (Wildman–Crippen MR) is 115 cm³/mol. The number of benzene rings is 3. The SMILES string of the molecule is O=C(c1ccc(I)cc1)c1ccc2[nH]c(=O)nc(-c3cccc(Cl)c3)c2c1. The number of fused-ring (bicyclic) bond motifs is 1. The zero-order valence-corrected chi connectivity index (χ0v) is 16.8. The molecule has 0 aliphatic carbocycles. The van der Waals surface area contributed by atoms with Crippen LogP contribution in [0.1, 0.15) is 15.9 Å². The van der Waals surface area contributed by atoms with E-state index in [-0.39, 0.29) is 5.78 Å². The molecule has 0 fully saturated rings. The molecule has 0 radical (unpaired) electrons. The molecule has 0 atom stereocenters. The standard InChI is InChI=1S/C21H12ClIN2O2/c22-15-3-1-2-13(10-15)19-17-11-14(6-9-18(17)24-21(27)25-19)20(26)12-4-7-16(23)8-5-12/h1-11H,(H,24,25,27). The largest absolute Gasteiger partial charge is 0.345 e. The number of ketones is 1. The molecule has 6 heteroatoms. The molecule has 0 aliphatic rings. The first-order valence-electron chi connectivity index (χ1n) is 8.11. The average molecular weight is 487 g/mol. The van der Waals surface area contributed by atoms with Crippen molar-refractivity contribution in [2.75, 3.05) is 0 Å². The number of aromatic nitrogens is 2. The number of hydrogen-bond donors (Lipinski definition) is 1. The number of carbonyl (C=O) groups excluding carboxylic acids is 1. The summed E-state index contributed by atoms with van der Waals surface area (Å²) < 4.78 is 1.06. The van der Waals surface area contributed by atoms with Crippen molar-refractivity contribution in [3.63, 3.8) is 0 Å². The van der Waals surface area contributed by atoms with Crippen molar-refractivity contribution in [2.24, 2.45) is 0 Å². The Bertz CT molecular complexity index is 1230. The van der Waals surface area contributed by atoms with Crippen LogP contribution in [0.5, 0.6) is 0 Å². The minimum absolute atomic E-state index is 0.0865. The van der Waals surface area contributed by atoms with E-state index in [4.69, 9.17) is 11.6 Å². The first-order chi connectivity index (χ1) is 13.0. The number of nitrogens with zero attached hydrogens (tertiary/aromatic N) is 1. The van der Waals surface area contributed by atoms with Crippen molar-refractivity contribution in [2.45, 2.75) is 0 Å². The Labute approximate surface area is 173 Å². The van der Waals surface area contributed by atoms with E-state index in [1.54, 1.807) is 48.5 Å². The molecule has 0 amide bonds. The van der Waals surface area contributed by atoms with Gasteiger partial charge in [-0.2, -0.15) is 4.98 Å². The third-order valence-corrected chi connectivity index (χ3v) is 5.15. The number of nitrogens with one attached hydrogen (secondary N) is 1. The molecule has 0 aliphatic heterocycles. The summed E-state index contributed by atoms with van der Waals surface area (Å²) in [6.07, 6.45) is 0. The summed E-state index contributed by atoms with van der Waals surface area (Å²) in [5.41, 5.74) is 2.52. The highest BCUT2D eigenvalue weighted by molar-refractivity contribution is 14.1. The second kappa shape index (κ2) is 7.25. The fourth-order valence-corrected chi connectivity index (χ4v) is 3.47. The summed E-state index contributed by atoms with van der Waals surface area (Å²) in [4.78, 5) is 31.7. The monoisotopic (exact) mass is 486 g/mol. The van der Waals surface area contributed by atoms with E-state index in [1.165, 1.54) is 0 Å². The molecule has 0 unspecified atom stereocenters. The van der Waals surface area contributed by atoms with E-state index in [0.717, 1.165) is 9.13 Å². The van der Waals surface area contributed by atoms with Gasteiger partial charge in [0.05, 0.1) is 11.2 Å². The molecule has 1 heterocycles. The minimum Gasteiger partial charge on any atom is -0.305 e. The molecule has 0 spiro atoms. The number of rotatable bonds is 3. The van der Waals surface area contributed by atoms with Gasteiger partial charge in [0.2, 0.25) is 0 Å². The van der Waals surface area contributed by atoms with Crippen molar-refractivity contribution in [3.05, 3.63) is 96.9 Å². The van der Waals surface area contributed by atoms with Crippen LogP contribution in [-0.4, -0.2) is 15.8 Å². The van der Waals surface area contributed by atoms with Crippen molar-refractivity contribution < 1.29 is 4.79 Å². The van der Waals surface area contributed by atoms with Crippen molar-refractivity contribution >= 4 is 50.9 Å². The Hall–Kier alpha value is -2.51. The van der Waals surface area contributed by atoms with Gasteiger partial charge in [0, 0.05) is 30.7 Å². The minimum atomic E-state index is -0.450. The topological polar surface area (TPSA) is 62.8 Å². The maximum atomic E-state index is 12.9. The highest BCUT2D eigenvalue weighted by Crippen LogP contribution is 2.27. The average Bonchev–Trinajstić information content (AvgIpc) is 2.67. The normalized spacial score (nSPS) is 10.9. The lowest BCUT2D eigenvalue weighted by atomic mass is 9.99. The van der Waals surface area contributed by atoms with Crippen LogP contribution in [0.2, 0.25) is 5.02 Å². The second-order valence-corrected chi connectivity index (χ2v) is 7.68. The van der Waals surface area contributed by atoms with E-state index >= 15 is 0 Å². The van der Waals surface area contributed by atoms with Gasteiger partial charge < -0.3 is 4.98 Å². The van der Waals surface area contributed by atoms with Crippen LogP contribution in [0.3, 0.4) is 0 Å².